The van der Waals surface area contributed by atoms with Crippen LogP contribution >= 0.6 is 34.7 Å². The molecule has 2 aromatic heterocycles. The average molecular weight is 527 g/mol. The number of hydrogen-bond acceptors (Lipinski definition) is 8. The van der Waals surface area contributed by atoms with Crippen molar-refractivity contribution in [2.24, 2.45) is 0 Å². The van der Waals surface area contributed by atoms with Gasteiger partial charge in [-0.3, -0.25) is 4.57 Å². The molecule has 1 aliphatic heterocycles. The lowest BCUT2D eigenvalue weighted by atomic mass is 10.2. The number of allylic oxidation sites excluding steroid dienone is 1. The first-order valence-electron chi connectivity index (χ1n) is 11.0. The molecule has 0 spiro atoms. The van der Waals surface area contributed by atoms with E-state index in [1.54, 1.807) is 23.1 Å². The summed E-state index contributed by atoms with van der Waals surface area (Å²) in [7, 11) is 0. The molecule has 0 amide bonds. The number of nitrogens with zero attached hydrogens (tertiary/aromatic N) is 4. The lowest BCUT2D eigenvalue weighted by Gasteiger charge is -2.17. The molecule has 180 valence electrons. The molecule has 0 N–H and O–H groups in total. The summed E-state index contributed by atoms with van der Waals surface area (Å²) in [6.45, 7) is 8.65. The van der Waals surface area contributed by atoms with Crippen molar-refractivity contribution in [2.45, 2.75) is 37.4 Å². The Morgan fingerprint density at radius 2 is 2.09 bits per heavy atom. The van der Waals surface area contributed by atoms with E-state index in [1.165, 1.54) is 0 Å². The highest BCUT2D eigenvalue weighted by Gasteiger charge is 2.21. The van der Waals surface area contributed by atoms with Crippen molar-refractivity contribution in [3.63, 3.8) is 0 Å². The van der Waals surface area contributed by atoms with E-state index in [1.807, 2.05) is 60.9 Å². The lowest BCUT2D eigenvalue weighted by Crippen LogP contribution is -2.12. The van der Waals surface area contributed by atoms with Gasteiger partial charge in [-0.05, 0) is 49.7 Å². The van der Waals surface area contributed by atoms with Gasteiger partial charge in [-0.15, -0.1) is 28.1 Å². The van der Waals surface area contributed by atoms with Gasteiger partial charge >= 0.3 is 0 Å². The maximum atomic E-state index is 6.32. The second-order valence-corrected chi connectivity index (χ2v) is 10.1. The van der Waals surface area contributed by atoms with Crippen LogP contribution in [0.25, 0.3) is 10.6 Å². The van der Waals surface area contributed by atoms with Gasteiger partial charge in [-0.25, -0.2) is 4.98 Å². The van der Waals surface area contributed by atoms with Crippen molar-refractivity contribution >= 4 is 34.7 Å². The van der Waals surface area contributed by atoms with Gasteiger partial charge in [0.15, 0.2) is 28.6 Å². The van der Waals surface area contributed by atoms with Crippen molar-refractivity contribution < 1.29 is 14.2 Å². The first-order valence-corrected chi connectivity index (χ1v) is 13.2. The highest BCUT2D eigenvalue weighted by molar-refractivity contribution is 7.98. The second-order valence-electron chi connectivity index (χ2n) is 7.93. The van der Waals surface area contributed by atoms with E-state index in [4.69, 9.17) is 30.8 Å². The smallest absolute Gasteiger partial charge is 0.231 e. The van der Waals surface area contributed by atoms with E-state index in [0.717, 1.165) is 38.5 Å². The largest absolute Gasteiger partial charge is 0.481 e. The summed E-state index contributed by atoms with van der Waals surface area (Å²) in [5.74, 6) is 3.52. The summed E-state index contributed by atoms with van der Waals surface area (Å²) in [5.41, 5.74) is 3.05. The van der Waals surface area contributed by atoms with Crippen molar-refractivity contribution in [1.29, 1.82) is 0 Å². The first kappa shape index (κ1) is 23.7. The van der Waals surface area contributed by atoms with E-state index in [-0.39, 0.29) is 12.9 Å². The van der Waals surface area contributed by atoms with Crippen LogP contribution in [-0.2, 0) is 12.3 Å². The Bertz CT molecular complexity index is 1370. The number of thiazole rings is 1. The van der Waals surface area contributed by atoms with Crippen LogP contribution in [0.1, 0.15) is 30.1 Å². The fourth-order valence-electron chi connectivity index (χ4n) is 3.63. The fourth-order valence-corrected chi connectivity index (χ4v) is 5.56. The molecule has 10 heteroatoms. The number of fused-ring (bicyclic) bond motifs is 1. The summed E-state index contributed by atoms with van der Waals surface area (Å²) in [6, 6.07) is 11.6. The number of hydrogen-bond donors (Lipinski definition) is 0. The Morgan fingerprint density at radius 3 is 2.94 bits per heavy atom. The van der Waals surface area contributed by atoms with Gasteiger partial charge in [0.05, 0.1) is 10.7 Å². The van der Waals surface area contributed by atoms with E-state index < -0.39 is 0 Å². The van der Waals surface area contributed by atoms with Gasteiger partial charge in [0, 0.05) is 23.2 Å². The number of aryl methyl sites for hydroxylation is 1. The van der Waals surface area contributed by atoms with E-state index in [0.29, 0.717) is 28.9 Å². The lowest BCUT2D eigenvalue weighted by molar-refractivity contribution is 0.174. The van der Waals surface area contributed by atoms with Crippen molar-refractivity contribution in [3.05, 3.63) is 76.5 Å². The van der Waals surface area contributed by atoms with E-state index >= 15 is 0 Å². The SMILES string of the molecule is C=CCn1c(SCc2csc(-c3ccc4c(c3)OCO4)n2)nnc1C(C)Oc1cc(C)ccc1Cl. The summed E-state index contributed by atoms with van der Waals surface area (Å²) >= 11 is 9.50. The highest BCUT2D eigenvalue weighted by atomic mass is 35.5. The van der Waals surface area contributed by atoms with Crippen LogP contribution in [-0.4, -0.2) is 26.5 Å². The minimum atomic E-state index is -0.340. The Labute approximate surface area is 216 Å². The molecule has 0 fully saturated rings. The Hall–Kier alpha value is -3.01. The van der Waals surface area contributed by atoms with Crippen LogP contribution < -0.4 is 14.2 Å². The van der Waals surface area contributed by atoms with E-state index in [2.05, 4.69) is 22.2 Å². The number of aromatic nitrogens is 4. The summed E-state index contributed by atoms with van der Waals surface area (Å²) in [5, 5.41) is 13.2. The van der Waals surface area contributed by atoms with Crippen LogP contribution in [0, 0.1) is 6.92 Å². The fraction of sp³-hybridized carbons (Fsp3) is 0.240. The molecule has 5 rings (SSSR count). The molecule has 1 atom stereocenters. The van der Waals surface area contributed by atoms with Crippen LogP contribution in [0.3, 0.4) is 0 Å². The van der Waals surface area contributed by atoms with Gasteiger partial charge < -0.3 is 14.2 Å². The minimum Gasteiger partial charge on any atom is -0.481 e. The van der Waals surface area contributed by atoms with Crippen LogP contribution in [0.4, 0.5) is 0 Å². The van der Waals surface area contributed by atoms with Crippen molar-refractivity contribution in [3.8, 4) is 27.8 Å². The Morgan fingerprint density at radius 1 is 1.23 bits per heavy atom. The molecule has 0 saturated carbocycles. The van der Waals surface area contributed by atoms with Gasteiger partial charge in [0.25, 0.3) is 0 Å². The predicted molar refractivity (Wildman–Crippen MR) is 139 cm³/mol. The molecule has 35 heavy (non-hydrogen) atoms. The quantitative estimate of drug-likeness (QED) is 0.177. The van der Waals surface area contributed by atoms with Gasteiger partial charge in [-0.1, -0.05) is 35.5 Å². The molecule has 0 bridgehead atoms. The molecule has 4 aromatic rings. The molecular weight excluding hydrogens is 504 g/mol. The zero-order chi connectivity index (χ0) is 24.4. The third kappa shape index (κ3) is 5.17. The first-order chi connectivity index (χ1) is 17.0. The standard InChI is InChI=1S/C25H23ClN4O3S2/c1-4-9-30-23(16(3)33-21-10-15(2)5-7-19(21)26)28-29-25(30)35-13-18-12-34-24(27-18)17-6-8-20-22(11-17)32-14-31-20/h4-8,10-12,16H,1,9,13-14H2,2-3H3. The third-order valence-electron chi connectivity index (χ3n) is 5.33. The summed E-state index contributed by atoms with van der Waals surface area (Å²) in [6.07, 6.45) is 1.48. The van der Waals surface area contributed by atoms with Crippen LogP contribution in [0.5, 0.6) is 17.2 Å². The average Bonchev–Trinajstić information content (AvgIpc) is 3.59. The Kier molecular flexibility index (Phi) is 6.99. The topological polar surface area (TPSA) is 71.3 Å². The zero-order valence-electron chi connectivity index (χ0n) is 19.2. The molecular formula is C25H23ClN4O3S2. The molecule has 0 aliphatic carbocycles. The van der Waals surface area contributed by atoms with E-state index in [9.17, 15) is 0 Å². The molecule has 3 heterocycles. The van der Waals surface area contributed by atoms with Crippen molar-refractivity contribution in [2.75, 3.05) is 6.79 Å². The third-order valence-corrected chi connectivity index (χ3v) is 7.58. The number of rotatable bonds is 9. The number of benzene rings is 2. The van der Waals surface area contributed by atoms with Gasteiger partial charge in [-0.2, -0.15) is 0 Å². The maximum absolute atomic E-state index is 6.32. The number of ether oxygens (including phenoxy) is 3. The number of thioether (sulfide) groups is 1. The zero-order valence-corrected chi connectivity index (χ0v) is 21.6. The summed E-state index contributed by atoms with van der Waals surface area (Å²) < 4.78 is 19.0. The molecule has 0 radical (unpaired) electrons. The Balaban J connectivity index is 1.29. The van der Waals surface area contributed by atoms with Gasteiger partial charge in [0.1, 0.15) is 10.8 Å². The molecule has 1 aliphatic rings. The van der Waals surface area contributed by atoms with Crippen molar-refractivity contribution in [1.82, 2.24) is 19.7 Å². The predicted octanol–water partition coefficient (Wildman–Crippen LogP) is 6.71. The van der Waals surface area contributed by atoms with Crippen LogP contribution in [0.2, 0.25) is 5.02 Å². The van der Waals surface area contributed by atoms with Crippen LogP contribution in [0.15, 0.2) is 59.6 Å². The minimum absolute atomic E-state index is 0.258. The second kappa shape index (κ2) is 10.3. The highest BCUT2D eigenvalue weighted by Crippen LogP contribution is 2.37. The molecule has 0 saturated heterocycles. The molecule has 7 nitrogen and oxygen atoms in total. The normalized spacial score (nSPS) is 13.1. The molecule has 1 unspecified atom stereocenters. The van der Waals surface area contributed by atoms with Gasteiger partial charge in [0.2, 0.25) is 6.79 Å². The molecule has 2 aromatic carbocycles. The number of halogens is 1. The maximum Gasteiger partial charge on any atom is 0.231 e. The summed E-state index contributed by atoms with van der Waals surface area (Å²) in [4.78, 5) is 4.80. The monoisotopic (exact) mass is 526 g/mol.